The summed E-state index contributed by atoms with van der Waals surface area (Å²) in [6, 6.07) is 1.24. The topological polar surface area (TPSA) is 53.7 Å². The minimum atomic E-state index is -2.39. The molecule has 0 saturated heterocycles. The van der Waals surface area contributed by atoms with Crippen molar-refractivity contribution in [1.29, 1.82) is 0 Å². The molecule has 1 rings (SSSR count). The van der Waals surface area contributed by atoms with Gasteiger partial charge in [-0.05, 0) is 18.8 Å². The van der Waals surface area contributed by atoms with Gasteiger partial charge in [-0.15, -0.1) is 0 Å². The summed E-state index contributed by atoms with van der Waals surface area (Å²) >= 11 is 0. The first-order chi connectivity index (χ1) is 7.15. The van der Waals surface area contributed by atoms with Gasteiger partial charge in [-0.2, -0.15) is 0 Å². The molecule has 15 heavy (non-hydrogen) atoms. The van der Waals surface area contributed by atoms with Crippen LogP contribution in [0.5, 0.6) is 0 Å². The van der Waals surface area contributed by atoms with Gasteiger partial charge >= 0.3 is 8.80 Å². The molecule has 2 N–H and O–H groups in total. The Bertz CT molecular complexity index is 179. The number of hydrogen-bond donors (Lipinski definition) is 1. The van der Waals surface area contributed by atoms with E-state index >= 15 is 0 Å². The van der Waals surface area contributed by atoms with Crippen LogP contribution >= 0.6 is 0 Å². The van der Waals surface area contributed by atoms with Gasteiger partial charge in [0.15, 0.2) is 0 Å². The van der Waals surface area contributed by atoms with Gasteiger partial charge < -0.3 is 19.0 Å². The molecule has 1 saturated carbocycles. The highest BCUT2D eigenvalue weighted by Crippen LogP contribution is 2.31. The summed E-state index contributed by atoms with van der Waals surface area (Å²) in [5, 5.41) is 0. The lowest BCUT2D eigenvalue weighted by molar-refractivity contribution is 0.114. The Labute approximate surface area is 93.4 Å². The molecule has 0 aliphatic heterocycles. The maximum atomic E-state index is 5.96. The molecule has 0 radical (unpaired) electrons. The average Bonchev–Trinajstić information content (AvgIpc) is 2.26. The van der Waals surface area contributed by atoms with Gasteiger partial charge in [-0.25, -0.2) is 0 Å². The monoisotopic (exact) mass is 233 g/mol. The standard InChI is InChI=1S/C10H23NO3Si/c1-12-15(13-2,14-3)8-9-5-4-6-10(11)7-9/h9-10H,4-8,11H2,1-3H3. The predicted octanol–water partition coefficient (Wildman–Crippen LogP) is 1.38. The van der Waals surface area contributed by atoms with Crippen LogP contribution in [-0.2, 0) is 13.3 Å². The molecule has 0 bridgehead atoms. The van der Waals surface area contributed by atoms with Crippen molar-refractivity contribution in [2.75, 3.05) is 21.3 Å². The largest absolute Gasteiger partial charge is 0.500 e. The highest BCUT2D eigenvalue weighted by molar-refractivity contribution is 6.60. The highest BCUT2D eigenvalue weighted by Gasteiger charge is 2.41. The van der Waals surface area contributed by atoms with Crippen LogP contribution in [0.2, 0.25) is 6.04 Å². The molecule has 1 fully saturated rings. The smallest absolute Gasteiger partial charge is 0.377 e. The Morgan fingerprint density at radius 3 is 2.20 bits per heavy atom. The number of hydrogen-bond acceptors (Lipinski definition) is 4. The van der Waals surface area contributed by atoms with Crippen molar-refractivity contribution >= 4 is 8.80 Å². The van der Waals surface area contributed by atoms with Crippen molar-refractivity contribution in [3.05, 3.63) is 0 Å². The van der Waals surface area contributed by atoms with E-state index in [0.29, 0.717) is 12.0 Å². The Hall–Kier alpha value is 0.0569. The molecular weight excluding hydrogens is 210 g/mol. The lowest BCUT2D eigenvalue weighted by Crippen LogP contribution is -2.45. The van der Waals surface area contributed by atoms with E-state index in [4.69, 9.17) is 19.0 Å². The molecule has 0 amide bonds. The zero-order valence-electron chi connectivity index (χ0n) is 9.99. The Kier molecular flexibility index (Phi) is 5.21. The second kappa shape index (κ2) is 5.96. The normalized spacial score (nSPS) is 28.0. The van der Waals surface area contributed by atoms with Gasteiger partial charge in [0.25, 0.3) is 0 Å². The van der Waals surface area contributed by atoms with Crippen LogP contribution < -0.4 is 5.73 Å². The van der Waals surface area contributed by atoms with Crippen molar-refractivity contribution in [1.82, 2.24) is 0 Å². The summed E-state index contributed by atoms with van der Waals surface area (Å²) < 4.78 is 16.3. The molecule has 2 unspecified atom stereocenters. The van der Waals surface area contributed by atoms with Crippen LogP contribution in [0.1, 0.15) is 25.7 Å². The van der Waals surface area contributed by atoms with Crippen molar-refractivity contribution in [3.8, 4) is 0 Å². The lowest BCUT2D eigenvalue weighted by atomic mass is 9.87. The van der Waals surface area contributed by atoms with E-state index in [1.165, 1.54) is 12.8 Å². The maximum absolute atomic E-state index is 5.96. The first kappa shape index (κ1) is 13.1. The SMILES string of the molecule is CO[Si](CC1CCCC(N)C1)(OC)OC. The fourth-order valence-corrected chi connectivity index (χ4v) is 4.45. The van der Waals surface area contributed by atoms with E-state index in [2.05, 4.69) is 0 Å². The van der Waals surface area contributed by atoms with Crippen LogP contribution in [-0.4, -0.2) is 36.2 Å². The number of nitrogens with two attached hydrogens (primary N) is 1. The lowest BCUT2D eigenvalue weighted by Gasteiger charge is -2.32. The summed E-state index contributed by atoms with van der Waals surface area (Å²) in [5.74, 6) is 0.597. The van der Waals surface area contributed by atoms with Crippen LogP contribution in [0, 0.1) is 5.92 Å². The summed E-state index contributed by atoms with van der Waals surface area (Å²) in [5.41, 5.74) is 5.96. The van der Waals surface area contributed by atoms with Crippen LogP contribution in [0.3, 0.4) is 0 Å². The number of rotatable bonds is 5. The minimum absolute atomic E-state index is 0.348. The molecule has 4 nitrogen and oxygen atoms in total. The molecule has 90 valence electrons. The molecule has 0 aromatic heterocycles. The second-order valence-electron chi connectivity index (χ2n) is 4.29. The fraction of sp³-hybridized carbons (Fsp3) is 1.00. The Balaban J connectivity index is 2.49. The van der Waals surface area contributed by atoms with Gasteiger partial charge in [-0.3, -0.25) is 0 Å². The molecular formula is C10H23NO3Si. The van der Waals surface area contributed by atoms with Crippen molar-refractivity contribution < 1.29 is 13.3 Å². The van der Waals surface area contributed by atoms with E-state index in [1.54, 1.807) is 21.3 Å². The summed E-state index contributed by atoms with van der Waals surface area (Å²) in [6.45, 7) is 0. The zero-order valence-corrected chi connectivity index (χ0v) is 11.0. The summed E-state index contributed by atoms with van der Waals surface area (Å²) in [7, 11) is 2.62. The van der Waals surface area contributed by atoms with Gasteiger partial charge in [0, 0.05) is 33.4 Å². The molecule has 1 aliphatic rings. The minimum Gasteiger partial charge on any atom is -0.377 e. The van der Waals surface area contributed by atoms with Gasteiger partial charge in [0.1, 0.15) is 0 Å². The van der Waals surface area contributed by atoms with Gasteiger partial charge in [0.05, 0.1) is 0 Å². The van der Waals surface area contributed by atoms with Crippen LogP contribution in [0.4, 0.5) is 0 Å². The van der Waals surface area contributed by atoms with E-state index in [0.717, 1.165) is 18.9 Å². The highest BCUT2D eigenvalue weighted by atomic mass is 28.4. The molecule has 5 heteroatoms. The molecule has 0 aromatic rings. The first-order valence-electron chi connectivity index (χ1n) is 5.57. The van der Waals surface area contributed by atoms with Gasteiger partial charge in [-0.1, -0.05) is 12.8 Å². The first-order valence-corrected chi connectivity index (χ1v) is 7.50. The summed E-state index contributed by atoms with van der Waals surface area (Å²) in [4.78, 5) is 0. The Morgan fingerprint density at radius 1 is 1.13 bits per heavy atom. The predicted molar refractivity (Wildman–Crippen MR) is 61.5 cm³/mol. The van der Waals surface area contributed by atoms with E-state index in [-0.39, 0.29) is 0 Å². The molecule has 0 spiro atoms. The molecule has 1 aliphatic carbocycles. The van der Waals surface area contributed by atoms with E-state index in [9.17, 15) is 0 Å². The average molecular weight is 233 g/mol. The zero-order chi connectivity index (χ0) is 11.3. The third-order valence-corrected chi connectivity index (χ3v) is 6.24. The van der Waals surface area contributed by atoms with Crippen molar-refractivity contribution in [2.24, 2.45) is 11.7 Å². The maximum Gasteiger partial charge on any atom is 0.500 e. The van der Waals surface area contributed by atoms with Gasteiger partial charge in [0.2, 0.25) is 0 Å². The van der Waals surface area contributed by atoms with E-state index < -0.39 is 8.80 Å². The quantitative estimate of drug-likeness (QED) is 0.729. The van der Waals surface area contributed by atoms with Crippen molar-refractivity contribution in [3.63, 3.8) is 0 Å². The van der Waals surface area contributed by atoms with Crippen LogP contribution in [0.25, 0.3) is 0 Å². The summed E-state index contributed by atoms with van der Waals surface area (Å²) in [6.07, 6.45) is 4.66. The fourth-order valence-electron chi connectivity index (χ4n) is 2.37. The third kappa shape index (κ3) is 3.53. The molecule has 0 aromatic carbocycles. The van der Waals surface area contributed by atoms with E-state index in [1.807, 2.05) is 0 Å². The van der Waals surface area contributed by atoms with Crippen molar-refractivity contribution in [2.45, 2.75) is 37.8 Å². The molecule has 0 heterocycles. The third-order valence-electron chi connectivity index (χ3n) is 3.30. The van der Waals surface area contributed by atoms with Crippen LogP contribution in [0.15, 0.2) is 0 Å². The molecule has 2 atom stereocenters. The Morgan fingerprint density at radius 2 is 1.73 bits per heavy atom. The second-order valence-corrected chi connectivity index (χ2v) is 7.29.